The van der Waals surface area contributed by atoms with Crippen LogP contribution in [-0.2, 0) is 9.53 Å². The number of carbonyl (C=O) groups excluding carboxylic acids is 2. The molecule has 7 heteroatoms. The minimum Gasteiger partial charge on any atom is -0.375 e. The molecule has 1 saturated heterocycles. The highest BCUT2D eigenvalue weighted by atomic mass is 16.5. The fourth-order valence-electron chi connectivity index (χ4n) is 3.17. The maximum atomic E-state index is 12.2. The van der Waals surface area contributed by atoms with Gasteiger partial charge in [0.25, 0.3) is 0 Å². The first kappa shape index (κ1) is 20.2. The average Bonchev–Trinajstić information content (AvgIpc) is 2.60. The molecule has 0 aromatic heterocycles. The van der Waals surface area contributed by atoms with Gasteiger partial charge in [0.15, 0.2) is 0 Å². The largest absolute Gasteiger partial charge is 0.375 e. The standard InChI is InChI=1S/C19H30N4O3/c1-14-6-5-9-23(12-14)15(2)11-20-19(25)22-17-8-4-7-16(10-17)21-18(24)13-26-3/h4,7-8,10,14-15H,5-6,9,11-13H2,1-3H3,(H,21,24)(H2,20,22,25). The van der Waals surface area contributed by atoms with Crippen molar-refractivity contribution in [3.05, 3.63) is 24.3 Å². The molecule has 0 saturated carbocycles. The normalized spacial score (nSPS) is 18.8. The number of nitrogens with one attached hydrogen (secondary N) is 3. The molecule has 144 valence electrons. The number of nitrogens with zero attached hydrogens (tertiary/aromatic N) is 1. The predicted molar refractivity (Wildman–Crippen MR) is 103 cm³/mol. The van der Waals surface area contributed by atoms with Gasteiger partial charge in [0, 0.05) is 37.6 Å². The quantitative estimate of drug-likeness (QED) is 0.696. The molecule has 1 aliphatic heterocycles. The van der Waals surface area contributed by atoms with Gasteiger partial charge < -0.3 is 20.7 Å². The molecule has 0 spiro atoms. The third-order valence-corrected chi connectivity index (χ3v) is 4.55. The molecule has 2 rings (SSSR count). The molecule has 0 bridgehead atoms. The van der Waals surface area contributed by atoms with Crippen molar-refractivity contribution in [3.8, 4) is 0 Å². The number of hydrogen-bond acceptors (Lipinski definition) is 4. The van der Waals surface area contributed by atoms with Crippen LogP contribution in [0.5, 0.6) is 0 Å². The first-order valence-corrected chi connectivity index (χ1v) is 9.15. The van der Waals surface area contributed by atoms with Gasteiger partial charge >= 0.3 is 6.03 Å². The lowest BCUT2D eigenvalue weighted by molar-refractivity contribution is -0.119. The summed E-state index contributed by atoms with van der Waals surface area (Å²) in [6, 6.07) is 7.08. The number of rotatable bonds is 7. The zero-order valence-corrected chi connectivity index (χ0v) is 15.9. The van der Waals surface area contributed by atoms with Gasteiger partial charge in [-0.25, -0.2) is 4.79 Å². The average molecular weight is 362 g/mol. The SMILES string of the molecule is COCC(=O)Nc1cccc(NC(=O)NCC(C)N2CCCC(C)C2)c1. The lowest BCUT2D eigenvalue weighted by Crippen LogP contribution is -2.47. The smallest absolute Gasteiger partial charge is 0.319 e. The minimum atomic E-state index is -0.248. The van der Waals surface area contributed by atoms with E-state index in [0.29, 0.717) is 24.0 Å². The van der Waals surface area contributed by atoms with Gasteiger partial charge in [-0.15, -0.1) is 0 Å². The summed E-state index contributed by atoms with van der Waals surface area (Å²) in [5.41, 5.74) is 1.23. The monoisotopic (exact) mass is 362 g/mol. The molecule has 1 aromatic rings. The van der Waals surface area contributed by atoms with Crippen LogP contribution in [-0.4, -0.2) is 56.2 Å². The third kappa shape index (κ3) is 6.65. The Morgan fingerprint density at radius 1 is 1.31 bits per heavy atom. The van der Waals surface area contributed by atoms with Gasteiger partial charge in [0.1, 0.15) is 6.61 Å². The van der Waals surface area contributed by atoms with Crippen LogP contribution in [0.3, 0.4) is 0 Å². The number of methoxy groups -OCH3 is 1. The molecular weight excluding hydrogens is 332 g/mol. The molecule has 1 aromatic carbocycles. The summed E-state index contributed by atoms with van der Waals surface area (Å²) in [5, 5.41) is 8.44. The Labute approximate surface area is 155 Å². The molecule has 0 radical (unpaired) electrons. The van der Waals surface area contributed by atoms with E-state index < -0.39 is 0 Å². The Morgan fingerprint density at radius 2 is 2.04 bits per heavy atom. The lowest BCUT2D eigenvalue weighted by atomic mass is 9.99. The summed E-state index contributed by atoms with van der Waals surface area (Å²) in [6.07, 6.45) is 2.51. The summed E-state index contributed by atoms with van der Waals surface area (Å²) in [6.45, 7) is 7.20. The van der Waals surface area contributed by atoms with Crippen molar-refractivity contribution in [2.24, 2.45) is 5.92 Å². The van der Waals surface area contributed by atoms with Crippen molar-refractivity contribution < 1.29 is 14.3 Å². The zero-order chi connectivity index (χ0) is 18.9. The maximum absolute atomic E-state index is 12.2. The number of piperidine rings is 1. The van der Waals surface area contributed by atoms with Gasteiger partial charge in [-0.05, 0) is 50.4 Å². The second-order valence-electron chi connectivity index (χ2n) is 6.99. The molecule has 7 nitrogen and oxygen atoms in total. The summed E-state index contributed by atoms with van der Waals surface area (Å²) in [5.74, 6) is 0.481. The Morgan fingerprint density at radius 3 is 2.73 bits per heavy atom. The topological polar surface area (TPSA) is 82.7 Å². The van der Waals surface area contributed by atoms with Crippen LogP contribution in [0, 0.1) is 5.92 Å². The van der Waals surface area contributed by atoms with E-state index in [-0.39, 0.29) is 18.5 Å². The molecule has 1 aliphatic rings. The number of hydrogen-bond donors (Lipinski definition) is 3. The van der Waals surface area contributed by atoms with Gasteiger partial charge in [-0.1, -0.05) is 13.0 Å². The highest BCUT2D eigenvalue weighted by Crippen LogP contribution is 2.17. The molecule has 0 aliphatic carbocycles. The Balaban J connectivity index is 1.79. The van der Waals surface area contributed by atoms with Gasteiger partial charge in [0.05, 0.1) is 0 Å². The first-order chi connectivity index (χ1) is 12.5. The molecular formula is C19H30N4O3. The van der Waals surface area contributed by atoms with E-state index in [2.05, 4.69) is 34.7 Å². The summed E-state index contributed by atoms with van der Waals surface area (Å²) in [4.78, 5) is 26.1. The number of carbonyl (C=O) groups is 2. The van der Waals surface area contributed by atoms with Crippen molar-refractivity contribution >= 4 is 23.3 Å². The fraction of sp³-hybridized carbons (Fsp3) is 0.579. The van der Waals surface area contributed by atoms with Crippen LogP contribution < -0.4 is 16.0 Å². The van der Waals surface area contributed by atoms with E-state index >= 15 is 0 Å². The minimum absolute atomic E-state index is 0.00878. The molecule has 1 fully saturated rings. The van der Waals surface area contributed by atoms with Crippen LogP contribution in [0.15, 0.2) is 24.3 Å². The second-order valence-corrected chi connectivity index (χ2v) is 6.99. The van der Waals surface area contributed by atoms with Gasteiger partial charge in [-0.2, -0.15) is 0 Å². The summed E-state index contributed by atoms with van der Waals surface area (Å²) >= 11 is 0. The number of ether oxygens (including phenoxy) is 1. The highest BCUT2D eigenvalue weighted by molar-refractivity contribution is 5.94. The second kappa shape index (κ2) is 10.1. The number of urea groups is 1. The van der Waals surface area contributed by atoms with Crippen molar-refractivity contribution in [2.75, 3.05) is 44.0 Å². The molecule has 2 atom stereocenters. The zero-order valence-electron chi connectivity index (χ0n) is 15.9. The van der Waals surface area contributed by atoms with E-state index in [1.165, 1.54) is 20.0 Å². The number of likely N-dealkylation sites (tertiary alicyclic amines) is 1. The van der Waals surface area contributed by atoms with Crippen LogP contribution in [0.25, 0.3) is 0 Å². The summed E-state index contributed by atoms with van der Waals surface area (Å²) < 4.78 is 4.79. The van der Waals surface area contributed by atoms with Crippen LogP contribution >= 0.6 is 0 Å². The Bertz CT molecular complexity index is 608. The van der Waals surface area contributed by atoms with E-state index in [0.717, 1.165) is 19.0 Å². The van der Waals surface area contributed by atoms with Gasteiger partial charge in [-0.3, -0.25) is 9.69 Å². The molecule has 1 heterocycles. The van der Waals surface area contributed by atoms with Gasteiger partial charge in [0.2, 0.25) is 5.91 Å². The number of benzene rings is 1. The molecule has 2 unspecified atom stereocenters. The van der Waals surface area contributed by atoms with E-state index in [1.807, 2.05) is 0 Å². The summed E-state index contributed by atoms with van der Waals surface area (Å²) in [7, 11) is 1.47. The van der Waals surface area contributed by atoms with Crippen molar-refractivity contribution in [3.63, 3.8) is 0 Å². The Hall–Kier alpha value is -2.12. The van der Waals surface area contributed by atoms with Crippen molar-refractivity contribution in [2.45, 2.75) is 32.7 Å². The van der Waals surface area contributed by atoms with E-state index in [1.54, 1.807) is 24.3 Å². The van der Waals surface area contributed by atoms with Crippen molar-refractivity contribution in [1.29, 1.82) is 0 Å². The molecule has 3 N–H and O–H groups in total. The van der Waals surface area contributed by atoms with E-state index in [4.69, 9.17) is 4.74 Å². The fourth-order valence-corrected chi connectivity index (χ4v) is 3.17. The van der Waals surface area contributed by atoms with Crippen LogP contribution in [0.1, 0.15) is 26.7 Å². The lowest BCUT2D eigenvalue weighted by Gasteiger charge is -2.35. The van der Waals surface area contributed by atoms with E-state index in [9.17, 15) is 9.59 Å². The Kier molecular flexibility index (Phi) is 7.87. The number of anilines is 2. The first-order valence-electron chi connectivity index (χ1n) is 9.15. The highest BCUT2D eigenvalue weighted by Gasteiger charge is 2.21. The van der Waals surface area contributed by atoms with Crippen LogP contribution in [0.4, 0.5) is 16.2 Å². The van der Waals surface area contributed by atoms with Crippen LogP contribution in [0.2, 0.25) is 0 Å². The maximum Gasteiger partial charge on any atom is 0.319 e. The molecule has 3 amide bonds. The molecule has 26 heavy (non-hydrogen) atoms. The third-order valence-electron chi connectivity index (χ3n) is 4.55. The number of amides is 3. The predicted octanol–water partition coefficient (Wildman–Crippen LogP) is 2.51. The van der Waals surface area contributed by atoms with Crippen molar-refractivity contribution in [1.82, 2.24) is 10.2 Å².